The molecule has 0 bridgehead atoms. The summed E-state index contributed by atoms with van der Waals surface area (Å²) in [7, 11) is 0. The standard InChI is InChI=1S/C20H19N5O2/c1-11-4-7-18(12(2)8-11)25-19(26)15(13(3)24-25)10-21-14-5-6-16-17(9-14)23-20(27)22-16/h4-10,24H,1-3H3,(H2,22,23,27). The third-order valence-electron chi connectivity index (χ3n) is 4.55. The second-order valence-corrected chi connectivity index (χ2v) is 6.65. The van der Waals surface area contributed by atoms with Crippen LogP contribution in [-0.4, -0.2) is 26.0 Å². The second-order valence-electron chi connectivity index (χ2n) is 6.65. The van der Waals surface area contributed by atoms with E-state index in [1.54, 1.807) is 24.4 Å². The number of imidazole rings is 1. The molecule has 0 amide bonds. The monoisotopic (exact) mass is 361 g/mol. The van der Waals surface area contributed by atoms with Crippen LogP contribution in [0, 0.1) is 20.8 Å². The van der Waals surface area contributed by atoms with Crippen molar-refractivity contribution in [2.75, 3.05) is 0 Å². The van der Waals surface area contributed by atoms with E-state index >= 15 is 0 Å². The minimum Gasteiger partial charge on any atom is -0.306 e. The maximum absolute atomic E-state index is 12.9. The van der Waals surface area contributed by atoms with Gasteiger partial charge in [0.05, 0.1) is 28.0 Å². The molecule has 4 rings (SSSR count). The number of aliphatic imine (C=N–C) groups is 1. The van der Waals surface area contributed by atoms with Gasteiger partial charge in [-0.25, -0.2) is 9.48 Å². The van der Waals surface area contributed by atoms with E-state index in [4.69, 9.17) is 0 Å². The van der Waals surface area contributed by atoms with Crippen LogP contribution in [0.15, 0.2) is 51.0 Å². The average Bonchev–Trinajstić information content (AvgIpc) is 3.11. The fourth-order valence-corrected chi connectivity index (χ4v) is 3.18. The largest absolute Gasteiger partial charge is 0.323 e. The minimum atomic E-state index is -0.260. The Bertz CT molecular complexity index is 1300. The van der Waals surface area contributed by atoms with Gasteiger partial charge in [0.25, 0.3) is 5.56 Å². The van der Waals surface area contributed by atoms with Gasteiger partial charge in [0.15, 0.2) is 0 Å². The molecule has 7 nitrogen and oxygen atoms in total. The lowest BCUT2D eigenvalue weighted by molar-refractivity contribution is 0.828. The zero-order chi connectivity index (χ0) is 19.1. The summed E-state index contributed by atoms with van der Waals surface area (Å²) in [6.07, 6.45) is 1.56. The molecule has 3 N–H and O–H groups in total. The van der Waals surface area contributed by atoms with Crippen molar-refractivity contribution < 1.29 is 0 Å². The van der Waals surface area contributed by atoms with Gasteiger partial charge in [-0.3, -0.25) is 14.9 Å². The SMILES string of the molecule is Cc1ccc(-n2[nH]c(C)c(C=Nc3ccc4[nH]c(=O)[nH]c4c3)c2=O)c(C)c1. The lowest BCUT2D eigenvalue weighted by atomic mass is 10.1. The van der Waals surface area contributed by atoms with Gasteiger partial charge in [-0.2, -0.15) is 0 Å². The second kappa shape index (κ2) is 6.28. The Kier molecular flexibility index (Phi) is 3.92. The number of fused-ring (bicyclic) bond motifs is 1. The number of hydrogen-bond acceptors (Lipinski definition) is 3. The van der Waals surface area contributed by atoms with E-state index in [0.29, 0.717) is 22.3 Å². The Hall–Kier alpha value is -3.61. The summed E-state index contributed by atoms with van der Waals surface area (Å²) in [6.45, 7) is 5.84. The first-order chi connectivity index (χ1) is 12.9. The van der Waals surface area contributed by atoms with Crippen molar-refractivity contribution in [2.45, 2.75) is 20.8 Å². The van der Waals surface area contributed by atoms with E-state index < -0.39 is 0 Å². The van der Waals surface area contributed by atoms with Crippen molar-refractivity contribution >= 4 is 22.9 Å². The summed E-state index contributed by atoms with van der Waals surface area (Å²) in [5, 5.41) is 3.12. The molecule has 0 unspecified atom stereocenters. The van der Waals surface area contributed by atoms with Gasteiger partial charge in [0, 0.05) is 11.9 Å². The molecule has 0 aliphatic rings. The van der Waals surface area contributed by atoms with Crippen LogP contribution in [0.25, 0.3) is 16.7 Å². The van der Waals surface area contributed by atoms with Crippen molar-refractivity contribution in [3.63, 3.8) is 0 Å². The highest BCUT2D eigenvalue weighted by atomic mass is 16.1. The lowest BCUT2D eigenvalue weighted by Gasteiger charge is -2.06. The van der Waals surface area contributed by atoms with E-state index in [9.17, 15) is 9.59 Å². The number of benzene rings is 2. The molecule has 0 aliphatic carbocycles. The van der Waals surface area contributed by atoms with E-state index in [0.717, 1.165) is 22.5 Å². The van der Waals surface area contributed by atoms with Crippen LogP contribution in [0.1, 0.15) is 22.4 Å². The number of aryl methyl sites for hydroxylation is 3. The van der Waals surface area contributed by atoms with E-state index in [1.807, 2.05) is 39.0 Å². The molecule has 0 saturated carbocycles. The lowest BCUT2D eigenvalue weighted by Crippen LogP contribution is -2.18. The van der Waals surface area contributed by atoms with Crippen LogP contribution in [0.3, 0.4) is 0 Å². The Balaban J connectivity index is 1.73. The van der Waals surface area contributed by atoms with E-state index in [-0.39, 0.29) is 11.2 Å². The Labute approximate surface area is 154 Å². The predicted octanol–water partition coefficient (Wildman–Crippen LogP) is 3.01. The zero-order valence-corrected chi connectivity index (χ0v) is 15.3. The number of hydrogen-bond donors (Lipinski definition) is 3. The predicted molar refractivity (Wildman–Crippen MR) is 107 cm³/mol. The number of nitrogens with zero attached hydrogens (tertiary/aromatic N) is 2. The Morgan fingerprint density at radius 3 is 2.52 bits per heavy atom. The third kappa shape index (κ3) is 3.03. The van der Waals surface area contributed by atoms with E-state index in [2.05, 4.69) is 20.1 Å². The van der Waals surface area contributed by atoms with Crippen LogP contribution < -0.4 is 11.2 Å². The molecular weight excluding hydrogens is 342 g/mol. The van der Waals surface area contributed by atoms with Gasteiger partial charge < -0.3 is 9.97 Å². The van der Waals surface area contributed by atoms with Crippen LogP contribution in [0.4, 0.5) is 5.69 Å². The number of aromatic nitrogens is 4. The van der Waals surface area contributed by atoms with Gasteiger partial charge in [0.1, 0.15) is 0 Å². The first kappa shape index (κ1) is 16.8. The molecule has 7 heteroatoms. The summed E-state index contributed by atoms with van der Waals surface area (Å²) in [5.74, 6) is 0. The topological polar surface area (TPSA) is 98.8 Å². The Morgan fingerprint density at radius 2 is 1.74 bits per heavy atom. The number of aromatic amines is 3. The van der Waals surface area contributed by atoms with Crippen molar-refractivity contribution in [1.29, 1.82) is 0 Å². The van der Waals surface area contributed by atoms with Gasteiger partial charge in [-0.15, -0.1) is 0 Å². The average molecular weight is 361 g/mol. The number of rotatable bonds is 3. The number of H-pyrrole nitrogens is 3. The first-order valence-corrected chi connectivity index (χ1v) is 8.58. The molecule has 136 valence electrons. The molecule has 2 heterocycles. The fraction of sp³-hybridized carbons (Fsp3) is 0.150. The first-order valence-electron chi connectivity index (χ1n) is 8.58. The third-order valence-corrected chi connectivity index (χ3v) is 4.55. The summed E-state index contributed by atoms with van der Waals surface area (Å²) in [5.41, 5.74) is 5.84. The smallest absolute Gasteiger partial charge is 0.306 e. The molecule has 4 aromatic rings. The number of nitrogens with one attached hydrogen (secondary N) is 3. The summed E-state index contributed by atoms with van der Waals surface area (Å²) in [6, 6.07) is 11.3. The molecule has 2 aromatic carbocycles. The molecule has 0 aliphatic heterocycles. The molecule has 0 radical (unpaired) electrons. The molecule has 2 aromatic heterocycles. The highest BCUT2D eigenvalue weighted by Gasteiger charge is 2.12. The highest BCUT2D eigenvalue weighted by molar-refractivity contribution is 5.85. The van der Waals surface area contributed by atoms with Crippen LogP contribution >= 0.6 is 0 Å². The van der Waals surface area contributed by atoms with Crippen LogP contribution in [0.5, 0.6) is 0 Å². The van der Waals surface area contributed by atoms with Crippen LogP contribution in [-0.2, 0) is 0 Å². The molecular formula is C20H19N5O2. The minimum absolute atomic E-state index is 0.153. The molecule has 0 saturated heterocycles. The van der Waals surface area contributed by atoms with Crippen molar-refractivity contribution in [1.82, 2.24) is 19.7 Å². The summed E-state index contributed by atoms with van der Waals surface area (Å²) < 4.78 is 1.54. The normalized spacial score (nSPS) is 11.7. The fourth-order valence-electron chi connectivity index (χ4n) is 3.18. The molecule has 0 fully saturated rings. The Morgan fingerprint density at radius 1 is 0.963 bits per heavy atom. The van der Waals surface area contributed by atoms with Crippen molar-refractivity contribution in [3.05, 3.63) is 79.6 Å². The van der Waals surface area contributed by atoms with Gasteiger partial charge in [-0.05, 0) is 50.6 Å². The molecule has 0 atom stereocenters. The van der Waals surface area contributed by atoms with Crippen LogP contribution in [0.2, 0.25) is 0 Å². The zero-order valence-electron chi connectivity index (χ0n) is 15.3. The quantitative estimate of drug-likeness (QED) is 0.489. The van der Waals surface area contributed by atoms with Gasteiger partial charge in [0.2, 0.25) is 0 Å². The maximum atomic E-state index is 12.9. The van der Waals surface area contributed by atoms with Crippen molar-refractivity contribution in [2.24, 2.45) is 4.99 Å². The van der Waals surface area contributed by atoms with Crippen molar-refractivity contribution in [3.8, 4) is 5.69 Å². The summed E-state index contributed by atoms with van der Waals surface area (Å²) in [4.78, 5) is 34.0. The van der Waals surface area contributed by atoms with Gasteiger partial charge >= 0.3 is 5.69 Å². The molecule has 27 heavy (non-hydrogen) atoms. The van der Waals surface area contributed by atoms with Gasteiger partial charge in [-0.1, -0.05) is 17.7 Å². The summed E-state index contributed by atoms with van der Waals surface area (Å²) >= 11 is 0. The maximum Gasteiger partial charge on any atom is 0.323 e. The molecule has 0 spiro atoms. The van der Waals surface area contributed by atoms with E-state index in [1.165, 1.54) is 4.68 Å². The highest BCUT2D eigenvalue weighted by Crippen LogP contribution is 2.18.